The fourth-order valence-electron chi connectivity index (χ4n) is 1.56. The van der Waals surface area contributed by atoms with Gasteiger partial charge in [-0.1, -0.05) is 32.1 Å². The number of hydrogen-bond acceptors (Lipinski definition) is 2. The average Bonchev–Trinajstić information content (AvgIpc) is 2.59. The van der Waals surface area contributed by atoms with Gasteiger partial charge in [0.1, 0.15) is 0 Å². The Kier molecular flexibility index (Phi) is 5.07. The molecule has 1 rings (SSSR count). The number of nitrogens with two attached hydrogens (primary N) is 1. The minimum Gasteiger partial charge on any atom is -0.318 e. The first-order chi connectivity index (χ1) is 7.69. The van der Waals surface area contributed by atoms with Gasteiger partial charge in [-0.25, -0.2) is 0 Å². The predicted molar refractivity (Wildman–Crippen MR) is 67.0 cm³/mol. The molecule has 0 aliphatic carbocycles. The standard InChI is InChI=1S/C13H21N3/c1-4-6-13(14)8-7-12-10-15-16(9-5-2)11(12)3/h10,13H,4-6,9,14H2,1-3H3. The van der Waals surface area contributed by atoms with Crippen LogP contribution in [0.2, 0.25) is 0 Å². The Labute approximate surface area is 98.0 Å². The molecule has 16 heavy (non-hydrogen) atoms. The molecule has 0 aromatic carbocycles. The number of rotatable bonds is 4. The van der Waals surface area contributed by atoms with Crippen LogP contribution in [0.5, 0.6) is 0 Å². The zero-order valence-corrected chi connectivity index (χ0v) is 10.5. The summed E-state index contributed by atoms with van der Waals surface area (Å²) in [6.45, 7) is 7.27. The van der Waals surface area contributed by atoms with Crippen LogP contribution < -0.4 is 5.73 Å². The van der Waals surface area contributed by atoms with Crippen molar-refractivity contribution in [1.82, 2.24) is 9.78 Å². The molecule has 0 aliphatic heterocycles. The van der Waals surface area contributed by atoms with Crippen molar-refractivity contribution < 1.29 is 0 Å². The van der Waals surface area contributed by atoms with Crippen LogP contribution in [0, 0.1) is 18.8 Å². The first kappa shape index (κ1) is 12.8. The van der Waals surface area contributed by atoms with E-state index in [1.54, 1.807) is 0 Å². The summed E-state index contributed by atoms with van der Waals surface area (Å²) in [7, 11) is 0. The van der Waals surface area contributed by atoms with Gasteiger partial charge in [-0.2, -0.15) is 5.10 Å². The Morgan fingerprint density at radius 3 is 2.81 bits per heavy atom. The Bertz CT molecular complexity index is 382. The van der Waals surface area contributed by atoms with Gasteiger partial charge in [0.15, 0.2) is 0 Å². The third-order valence-corrected chi connectivity index (χ3v) is 2.53. The lowest BCUT2D eigenvalue weighted by Crippen LogP contribution is -2.16. The summed E-state index contributed by atoms with van der Waals surface area (Å²) < 4.78 is 2.00. The number of aromatic nitrogens is 2. The molecule has 0 bridgehead atoms. The van der Waals surface area contributed by atoms with Crippen molar-refractivity contribution in [2.24, 2.45) is 5.73 Å². The molecular formula is C13H21N3. The SMILES string of the molecule is CCCC(N)C#Cc1cnn(CCC)c1C. The van der Waals surface area contributed by atoms with Crippen molar-refractivity contribution in [3.05, 3.63) is 17.5 Å². The molecule has 2 N–H and O–H groups in total. The molecule has 1 atom stereocenters. The first-order valence-electron chi connectivity index (χ1n) is 5.98. The number of hydrogen-bond donors (Lipinski definition) is 1. The fourth-order valence-corrected chi connectivity index (χ4v) is 1.56. The topological polar surface area (TPSA) is 43.8 Å². The Morgan fingerprint density at radius 1 is 1.44 bits per heavy atom. The molecule has 0 aliphatic rings. The van der Waals surface area contributed by atoms with E-state index in [0.717, 1.165) is 37.1 Å². The summed E-state index contributed by atoms with van der Waals surface area (Å²) >= 11 is 0. The van der Waals surface area contributed by atoms with E-state index in [-0.39, 0.29) is 6.04 Å². The molecule has 3 heteroatoms. The molecule has 0 saturated carbocycles. The quantitative estimate of drug-likeness (QED) is 0.788. The van der Waals surface area contributed by atoms with Gasteiger partial charge in [0.2, 0.25) is 0 Å². The third kappa shape index (κ3) is 3.39. The molecule has 88 valence electrons. The molecule has 3 nitrogen and oxygen atoms in total. The maximum atomic E-state index is 5.85. The van der Waals surface area contributed by atoms with E-state index < -0.39 is 0 Å². The second-order valence-corrected chi connectivity index (χ2v) is 4.03. The van der Waals surface area contributed by atoms with E-state index >= 15 is 0 Å². The molecule has 0 amide bonds. The van der Waals surface area contributed by atoms with Crippen LogP contribution in [0.1, 0.15) is 44.4 Å². The minimum absolute atomic E-state index is 0.0149. The van der Waals surface area contributed by atoms with Crippen molar-refractivity contribution in [3.8, 4) is 11.8 Å². The maximum absolute atomic E-state index is 5.85. The summed E-state index contributed by atoms with van der Waals surface area (Å²) in [5.41, 5.74) is 7.98. The highest BCUT2D eigenvalue weighted by Crippen LogP contribution is 2.06. The number of nitrogens with zero attached hydrogens (tertiary/aromatic N) is 2. The van der Waals surface area contributed by atoms with E-state index in [2.05, 4.69) is 37.7 Å². The Morgan fingerprint density at radius 2 is 2.19 bits per heavy atom. The maximum Gasteiger partial charge on any atom is 0.0668 e. The van der Waals surface area contributed by atoms with E-state index in [4.69, 9.17) is 5.73 Å². The smallest absolute Gasteiger partial charge is 0.0668 e. The van der Waals surface area contributed by atoms with Crippen molar-refractivity contribution >= 4 is 0 Å². The monoisotopic (exact) mass is 219 g/mol. The first-order valence-corrected chi connectivity index (χ1v) is 5.98. The third-order valence-electron chi connectivity index (χ3n) is 2.53. The second kappa shape index (κ2) is 6.34. The lowest BCUT2D eigenvalue weighted by atomic mass is 10.1. The zero-order valence-electron chi connectivity index (χ0n) is 10.5. The van der Waals surface area contributed by atoms with Gasteiger partial charge in [0.05, 0.1) is 23.5 Å². The van der Waals surface area contributed by atoms with Crippen molar-refractivity contribution in [2.45, 2.75) is 52.6 Å². The number of aryl methyl sites for hydroxylation is 1. The summed E-state index contributed by atoms with van der Waals surface area (Å²) in [6, 6.07) is -0.0149. The van der Waals surface area contributed by atoms with Crippen LogP contribution in [0.15, 0.2) is 6.20 Å². The highest BCUT2D eigenvalue weighted by Gasteiger charge is 2.02. The van der Waals surface area contributed by atoms with Crippen molar-refractivity contribution in [1.29, 1.82) is 0 Å². The van der Waals surface area contributed by atoms with Crippen LogP contribution >= 0.6 is 0 Å². The summed E-state index contributed by atoms with van der Waals surface area (Å²) in [4.78, 5) is 0. The summed E-state index contributed by atoms with van der Waals surface area (Å²) in [5.74, 6) is 6.19. The van der Waals surface area contributed by atoms with E-state index in [1.807, 2.05) is 10.9 Å². The van der Waals surface area contributed by atoms with Gasteiger partial charge in [0, 0.05) is 6.54 Å². The van der Waals surface area contributed by atoms with Gasteiger partial charge in [-0.3, -0.25) is 4.68 Å². The molecule has 0 radical (unpaired) electrons. The molecule has 1 aromatic rings. The Balaban J connectivity index is 2.73. The van der Waals surface area contributed by atoms with Gasteiger partial charge in [0.25, 0.3) is 0 Å². The molecule has 0 saturated heterocycles. The van der Waals surface area contributed by atoms with Crippen LogP contribution in [-0.2, 0) is 6.54 Å². The normalized spacial score (nSPS) is 12.0. The largest absolute Gasteiger partial charge is 0.318 e. The summed E-state index contributed by atoms with van der Waals surface area (Å²) in [6.07, 6.45) is 4.94. The summed E-state index contributed by atoms with van der Waals surface area (Å²) in [5, 5.41) is 4.30. The molecule has 1 unspecified atom stereocenters. The van der Waals surface area contributed by atoms with Crippen LogP contribution in [-0.4, -0.2) is 15.8 Å². The predicted octanol–water partition coefficient (Wildman–Crippen LogP) is 2.08. The minimum atomic E-state index is -0.0149. The molecule has 0 spiro atoms. The zero-order chi connectivity index (χ0) is 12.0. The van der Waals surface area contributed by atoms with Crippen LogP contribution in [0.25, 0.3) is 0 Å². The fraction of sp³-hybridized carbons (Fsp3) is 0.615. The highest BCUT2D eigenvalue weighted by molar-refractivity contribution is 5.36. The lowest BCUT2D eigenvalue weighted by Gasteiger charge is -2.01. The second-order valence-electron chi connectivity index (χ2n) is 4.03. The van der Waals surface area contributed by atoms with Gasteiger partial charge >= 0.3 is 0 Å². The highest BCUT2D eigenvalue weighted by atomic mass is 15.3. The van der Waals surface area contributed by atoms with Crippen LogP contribution in [0.4, 0.5) is 0 Å². The van der Waals surface area contributed by atoms with Crippen LogP contribution in [0.3, 0.4) is 0 Å². The molecule has 1 heterocycles. The van der Waals surface area contributed by atoms with Crippen molar-refractivity contribution in [3.63, 3.8) is 0 Å². The van der Waals surface area contributed by atoms with Gasteiger partial charge in [-0.15, -0.1) is 0 Å². The molecule has 1 aromatic heterocycles. The van der Waals surface area contributed by atoms with E-state index in [0.29, 0.717) is 0 Å². The Hall–Kier alpha value is -1.27. The molecular weight excluding hydrogens is 198 g/mol. The van der Waals surface area contributed by atoms with Crippen molar-refractivity contribution in [2.75, 3.05) is 0 Å². The van der Waals surface area contributed by atoms with E-state index in [9.17, 15) is 0 Å². The molecule has 0 fully saturated rings. The van der Waals surface area contributed by atoms with E-state index in [1.165, 1.54) is 0 Å². The van der Waals surface area contributed by atoms with Gasteiger partial charge in [-0.05, 0) is 19.8 Å². The lowest BCUT2D eigenvalue weighted by molar-refractivity contribution is 0.587. The van der Waals surface area contributed by atoms with Gasteiger partial charge < -0.3 is 5.73 Å². The average molecular weight is 219 g/mol.